The first-order chi connectivity index (χ1) is 12.9. The Labute approximate surface area is 159 Å². The molecule has 7 nitrogen and oxygen atoms in total. The molecule has 1 unspecified atom stereocenters. The fourth-order valence-electron chi connectivity index (χ4n) is 2.97. The highest BCUT2D eigenvalue weighted by Crippen LogP contribution is 2.21. The predicted molar refractivity (Wildman–Crippen MR) is 105 cm³/mol. The number of hydrogen-bond donors (Lipinski definition) is 1. The van der Waals surface area contributed by atoms with Gasteiger partial charge in [0.15, 0.2) is 15.7 Å². The molecular formula is C19H22N4O3S. The van der Waals surface area contributed by atoms with Crippen molar-refractivity contribution in [1.82, 2.24) is 14.9 Å². The van der Waals surface area contributed by atoms with Crippen LogP contribution in [0, 0.1) is 0 Å². The first-order valence-corrected chi connectivity index (χ1v) is 10.5. The van der Waals surface area contributed by atoms with Crippen LogP contribution >= 0.6 is 0 Å². The third-order valence-corrected chi connectivity index (χ3v) is 6.23. The van der Waals surface area contributed by atoms with Crippen LogP contribution in [0.4, 0.5) is 5.82 Å². The zero-order valence-corrected chi connectivity index (χ0v) is 15.9. The van der Waals surface area contributed by atoms with Crippen LogP contribution < -0.4 is 5.32 Å². The minimum Gasteiger partial charge on any atom is -0.366 e. The molecule has 0 radical (unpaired) electrons. The summed E-state index contributed by atoms with van der Waals surface area (Å²) in [4.78, 5) is 23.3. The average molecular weight is 386 g/mol. The van der Waals surface area contributed by atoms with Crippen LogP contribution in [0.2, 0.25) is 0 Å². The van der Waals surface area contributed by atoms with Gasteiger partial charge in [0.05, 0.1) is 11.5 Å². The number of carbonyl (C=O) groups excluding carboxylic acids is 1. The second kappa shape index (κ2) is 7.87. The Morgan fingerprint density at radius 1 is 1.33 bits per heavy atom. The number of hydrogen-bond acceptors (Lipinski definition) is 6. The molecule has 1 amide bonds. The summed E-state index contributed by atoms with van der Waals surface area (Å²) in [5.41, 5.74) is 1.02. The maximum absolute atomic E-state index is 12.9. The molecule has 2 aromatic rings. The molecule has 1 aromatic carbocycles. The zero-order valence-electron chi connectivity index (χ0n) is 15.1. The summed E-state index contributed by atoms with van der Waals surface area (Å²) in [5.74, 6) is 0.729. The van der Waals surface area contributed by atoms with Crippen molar-refractivity contribution in [3.8, 4) is 11.4 Å². The van der Waals surface area contributed by atoms with Gasteiger partial charge in [0.25, 0.3) is 5.91 Å². The summed E-state index contributed by atoms with van der Waals surface area (Å²) in [6.07, 6.45) is 2.14. The molecule has 1 aromatic heterocycles. The zero-order chi connectivity index (χ0) is 19.4. The SMILES string of the molecule is C=CCNc1cc(C(=O)N(C)C2CCS(=O)(=O)C2)nc(-c2ccccc2)n1. The van der Waals surface area contributed by atoms with Crippen molar-refractivity contribution in [2.45, 2.75) is 12.5 Å². The molecule has 1 aliphatic heterocycles. The van der Waals surface area contributed by atoms with Gasteiger partial charge < -0.3 is 10.2 Å². The summed E-state index contributed by atoms with van der Waals surface area (Å²) in [7, 11) is -1.46. The Morgan fingerprint density at radius 3 is 2.70 bits per heavy atom. The quantitative estimate of drug-likeness (QED) is 0.764. The largest absolute Gasteiger partial charge is 0.366 e. The molecule has 0 bridgehead atoms. The van der Waals surface area contributed by atoms with Gasteiger partial charge in [-0.2, -0.15) is 0 Å². The third-order valence-electron chi connectivity index (χ3n) is 4.48. The van der Waals surface area contributed by atoms with E-state index in [1.165, 1.54) is 4.90 Å². The monoisotopic (exact) mass is 386 g/mol. The summed E-state index contributed by atoms with van der Waals surface area (Å²) >= 11 is 0. The van der Waals surface area contributed by atoms with E-state index in [0.717, 1.165) is 5.56 Å². The van der Waals surface area contributed by atoms with E-state index in [1.54, 1.807) is 19.2 Å². The fourth-order valence-corrected chi connectivity index (χ4v) is 4.74. The van der Waals surface area contributed by atoms with Gasteiger partial charge in [-0.05, 0) is 6.42 Å². The maximum atomic E-state index is 12.9. The van der Waals surface area contributed by atoms with Crippen LogP contribution in [-0.4, -0.2) is 60.3 Å². The minimum atomic E-state index is -3.08. The summed E-state index contributed by atoms with van der Waals surface area (Å²) in [5, 5.41) is 3.09. The number of nitrogens with zero attached hydrogens (tertiary/aromatic N) is 3. The number of anilines is 1. The Hall–Kier alpha value is -2.74. The van der Waals surface area contributed by atoms with Crippen LogP contribution in [0.25, 0.3) is 11.4 Å². The fraction of sp³-hybridized carbons (Fsp3) is 0.316. The lowest BCUT2D eigenvalue weighted by Crippen LogP contribution is -2.38. The number of amides is 1. The van der Waals surface area contributed by atoms with Gasteiger partial charge in [0.1, 0.15) is 11.5 Å². The lowest BCUT2D eigenvalue weighted by Gasteiger charge is -2.23. The van der Waals surface area contributed by atoms with Gasteiger partial charge >= 0.3 is 0 Å². The number of carbonyl (C=O) groups is 1. The van der Waals surface area contributed by atoms with Crippen molar-refractivity contribution in [1.29, 1.82) is 0 Å². The second-order valence-electron chi connectivity index (χ2n) is 6.47. The van der Waals surface area contributed by atoms with E-state index < -0.39 is 9.84 Å². The summed E-state index contributed by atoms with van der Waals surface area (Å²) in [6, 6.07) is 10.6. The summed E-state index contributed by atoms with van der Waals surface area (Å²) < 4.78 is 23.5. The van der Waals surface area contributed by atoms with Crippen LogP contribution in [-0.2, 0) is 9.84 Å². The van der Waals surface area contributed by atoms with E-state index in [2.05, 4.69) is 21.9 Å². The van der Waals surface area contributed by atoms with Gasteiger partial charge in [-0.15, -0.1) is 6.58 Å². The van der Waals surface area contributed by atoms with Crippen molar-refractivity contribution in [2.75, 3.05) is 30.4 Å². The Morgan fingerprint density at radius 2 is 2.07 bits per heavy atom. The highest BCUT2D eigenvalue weighted by atomic mass is 32.2. The maximum Gasteiger partial charge on any atom is 0.272 e. The first-order valence-electron chi connectivity index (χ1n) is 8.66. The van der Waals surface area contributed by atoms with Gasteiger partial charge in [0.2, 0.25) is 0 Å². The molecular weight excluding hydrogens is 364 g/mol. The second-order valence-corrected chi connectivity index (χ2v) is 8.70. The molecule has 0 saturated carbocycles. The van der Waals surface area contributed by atoms with Gasteiger partial charge in [-0.1, -0.05) is 36.4 Å². The molecule has 8 heteroatoms. The molecule has 0 aliphatic carbocycles. The normalized spacial score (nSPS) is 18.0. The first kappa shape index (κ1) is 19.0. The molecule has 27 heavy (non-hydrogen) atoms. The Kier molecular flexibility index (Phi) is 5.55. The molecule has 1 N–H and O–H groups in total. The molecule has 142 valence electrons. The van der Waals surface area contributed by atoms with Crippen LogP contribution in [0.3, 0.4) is 0 Å². The van der Waals surface area contributed by atoms with Gasteiger partial charge in [-0.3, -0.25) is 4.79 Å². The third kappa shape index (κ3) is 4.51. The highest BCUT2D eigenvalue weighted by Gasteiger charge is 2.33. The molecule has 2 heterocycles. The van der Waals surface area contributed by atoms with Crippen molar-refractivity contribution in [3.05, 3.63) is 54.7 Å². The van der Waals surface area contributed by atoms with E-state index in [0.29, 0.717) is 24.6 Å². The lowest BCUT2D eigenvalue weighted by molar-refractivity contribution is 0.0742. The number of aromatic nitrogens is 2. The van der Waals surface area contributed by atoms with Crippen LogP contribution in [0.1, 0.15) is 16.9 Å². The van der Waals surface area contributed by atoms with Crippen molar-refractivity contribution < 1.29 is 13.2 Å². The Bertz CT molecular complexity index is 945. The molecule has 1 aliphatic rings. The van der Waals surface area contributed by atoms with Crippen molar-refractivity contribution in [2.24, 2.45) is 0 Å². The van der Waals surface area contributed by atoms with E-state index in [4.69, 9.17) is 0 Å². The van der Waals surface area contributed by atoms with Gasteiger partial charge in [0, 0.05) is 31.3 Å². The van der Waals surface area contributed by atoms with Crippen molar-refractivity contribution >= 4 is 21.6 Å². The van der Waals surface area contributed by atoms with Crippen LogP contribution in [0.5, 0.6) is 0 Å². The topological polar surface area (TPSA) is 92.3 Å². The van der Waals surface area contributed by atoms with Gasteiger partial charge in [-0.25, -0.2) is 18.4 Å². The minimum absolute atomic E-state index is 0.00651. The average Bonchev–Trinajstić information content (AvgIpc) is 3.05. The molecule has 0 spiro atoms. The van der Waals surface area contributed by atoms with E-state index in [1.807, 2.05) is 30.3 Å². The number of sulfone groups is 1. The van der Waals surface area contributed by atoms with E-state index in [9.17, 15) is 13.2 Å². The molecule has 1 atom stereocenters. The van der Waals surface area contributed by atoms with E-state index >= 15 is 0 Å². The van der Waals surface area contributed by atoms with E-state index in [-0.39, 0.29) is 29.1 Å². The summed E-state index contributed by atoms with van der Waals surface area (Å²) in [6.45, 7) is 4.17. The smallest absolute Gasteiger partial charge is 0.272 e. The standard InChI is InChI=1S/C19H22N4O3S/c1-3-10-20-17-12-16(21-18(22-17)14-7-5-4-6-8-14)19(24)23(2)15-9-11-27(25,26)13-15/h3-8,12,15H,1,9-11,13H2,2H3,(H,20,21,22). The number of benzene rings is 1. The number of rotatable bonds is 6. The van der Waals surface area contributed by atoms with Crippen molar-refractivity contribution in [3.63, 3.8) is 0 Å². The lowest BCUT2D eigenvalue weighted by atomic mass is 10.2. The molecule has 3 rings (SSSR count). The van der Waals surface area contributed by atoms with Crippen LogP contribution in [0.15, 0.2) is 49.1 Å². The molecule has 1 fully saturated rings. The Balaban J connectivity index is 1.93. The number of nitrogens with one attached hydrogen (secondary N) is 1. The predicted octanol–water partition coefficient (Wildman–Crippen LogP) is 2.00. The highest BCUT2D eigenvalue weighted by molar-refractivity contribution is 7.91. The molecule has 1 saturated heterocycles.